The van der Waals surface area contributed by atoms with Crippen molar-refractivity contribution in [1.29, 1.82) is 5.26 Å². The summed E-state index contributed by atoms with van der Waals surface area (Å²) >= 11 is 0. The number of hydrazone groups is 1. The second-order valence-electron chi connectivity index (χ2n) is 6.02. The van der Waals surface area contributed by atoms with Gasteiger partial charge in [-0.25, -0.2) is 5.43 Å². The number of benzene rings is 2. The van der Waals surface area contributed by atoms with Gasteiger partial charge in [0.1, 0.15) is 6.61 Å². The van der Waals surface area contributed by atoms with Gasteiger partial charge in [0, 0.05) is 19.3 Å². The van der Waals surface area contributed by atoms with Gasteiger partial charge >= 0.3 is 0 Å². The first-order chi connectivity index (χ1) is 13.2. The number of nitrogens with zero attached hydrogens (tertiary/aromatic N) is 3. The molecule has 0 saturated carbocycles. The normalized spacial score (nSPS) is 15.2. The predicted octanol–water partition coefficient (Wildman–Crippen LogP) is 2.33. The summed E-state index contributed by atoms with van der Waals surface area (Å²) in [6, 6.07) is 17.0. The number of para-hydroxylation sites is 2. The monoisotopic (exact) mass is 364 g/mol. The minimum atomic E-state index is -0.742. The van der Waals surface area contributed by atoms with E-state index in [1.54, 1.807) is 18.3 Å². The van der Waals surface area contributed by atoms with E-state index >= 15 is 0 Å². The molecule has 0 bridgehead atoms. The van der Waals surface area contributed by atoms with E-state index in [4.69, 9.17) is 14.7 Å². The highest BCUT2D eigenvalue weighted by Gasteiger charge is 2.26. The van der Waals surface area contributed by atoms with Gasteiger partial charge in [0.25, 0.3) is 5.91 Å². The zero-order valence-electron chi connectivity index (χ0n) is 15.0. The molecular weight excluding hydrogens is 344 g/mol. The molecule has 0 saturated heterocycles. The molecule has 1 heterocycles. The van der Waals surface area contributed by atoms with Crippen LogP contribution in [-0.2, 0) is 4.79 Å². The molecule has 1 aliphatic rings. The summed E-state index contributed by atoms with van der Waals surface area (Å²) < 4.78 is 11.2. The Morgan fingerprint density at radius 2 is 2.04 bits per heavy atom. The molecule has 2 aromatic rings. The van der Waals surface area contributed by atoms with Crippen LogP contribution in [0, 0.1) is 11.3 Å². The van der Waals surface area contributed by atoms with E-state index in [0.29, 0.717) is 24.5 Å². The van der Waals surface area contributed by atoms with Gasteiger partial charge in [0.15, 0.2) is 11.5 Å². The maximum absolute atomic E-state index is 12.2. The Morgan fingerprint density at radius 1 is 1.30 bits per heavy atom. The van der Waals surface area contributed by atoms with E-state index in [1.165, 1.54) is 0 Å². The minimum Gasteiger partial charge on any atom is -0.485 e. The number of rotatable bonds is 6. The van der Waals surface area contributed by atoms with Crippen LogP contribution in [0.5, 0.6) is 11.5 Å². The average Bonchev–Trinajstić information content (AvgIpc) is 2.72. The van der Waals surface area contributed by atoms with Crippen molar-refractivity contribution in [3.63, 3.8) is 0 Å². The van der Waals surface area contributed by atoms with Crippen LogP contribution < -0.4 is 19.8 Å². The van der Waals surface area contributed by atoms with Crippen molar-refractivity contribution in [3.8, 4) is 17.6 Å². The highest BCUT2D eigenvalue weighted by atomic mass is 16.6. The lowest BCUT2D eigenvalue weighted by Gasteiger charge is -2.24. The summed E-state index contributed by atoms with van der Waals surface area (Å²) in [4.78, 5) is 14.2. The summed E-state index contributed by atoms with van der Waals surface area (Å²) in [7, 11) is 1.94. The fourth-order valence-corrected chi connectivity index (χ4v) is 2.55. The van der Waals surface area contributed by atoms with Crippen molar-refractivity contribution >= 4 is 17.8 Å². The van der Waals surface area contributed by atoms with Crippen molar-refractivity contribution in [1.82, 2.24) is 5.43 Å². The Morgan fingerprint density at radius 3 is 2.78 bits per heavy atom. The lowest BCUT2D eigenvalue weighted by Crippen LogP contribution is -2.42. The largest absolute Gasteiger partial charge is 0.485 e. The molecule has 0 spiro atoms. The summed E-state index contributed by atoms with van der Waals surface area (Å²) in [5.74, 6) is 0.808. The molecule has 0 radical (unpaired) electrons. The number of amides is 1. The number of anilines is 1. The third-order valence-corrected chi connectivity index (χ3v) is 4.08. The van der Waals surface area contributed by atoms with E-state index in [9.17, 15) is 4.79 Å². The maximum atomic E-state index is 12.2. The number of hydrogen-bond acceptors (Lipinski definition) is 6. The maximum Gasteiger partial charge on any atom is 0.284 e. The van der Waals surface area contributed by atoms with Gasteiger partial charge in [0.2, 0.25) is 6.10 Å². The van der Waals surface area contributed by atoms with Gasteiger partial charge in [-0.3, -0.25) is 4.79 Å². The summed E-state index contributed by atoms with van der Waals surface area (Å²) in [6.07, 6.45) is 1.30. The van der Waals surface area contributed by atoms with Crippen LogP contribution in [0.1, 0.15) is 12.0 Å². The van der Waals surface area contributed by atoms with Gasteiger partial charge in [-0.05, 0) is 29.8 Å². The molecule has 1 N–H and O–H groups in total. The van der Waals surface area contributed by atoms with Gasteiger partial charge < -0.3 is 14.4 Å². The first-order valence-electron chi connectivity index (χ1n) is 8.57. The molecule has 1 aliphatic heterocycles. The standard InChI is InChI=1S/C20H20N4O3/c1-24(12-4-11-21)16-9-7-15(8-10-16)13-22-23-20(25)19-14-26-17-5-2-3-6-18(17)27-19/h2-3,5-10,13,19H,4,12,14H2,1H3,(H,23,25)/b22-13-/t19-/m1/s1. The van der Waals surface area contributed by atoms with E-state index < -0.39 is 6.10 Å². The van der Waals surface area contributed by atoms with Crippen LogP contribution in [0.2, 0.25) is 0 Å². The van der Waals surface area contributed by atoms with Crippen molar-refractivity contribution in [2.45, 2.75) is 12.5 Å². The fourth-order valence-electron chi connectivity index (χ4n) is 2.55. The number of fused-ring (bicyclic) bond motifs is 1. The number of carbonyl (C=O) groups excluding carboxylic acids is 1. The average molecular weight is 364 g/mol. The molecule has 1 atom stereocenters. The summed E-state index contributed by atoms with van der Waals surface area (Å²) in [6.45, 7) is 0.814. The number of nitrogens with one attached hydrogen (secondary N) is 1. The highest BCUT2D eigenvalue weighted by molar-refractivity contribution is 5.85. The van der Waals surface area contributed by atoms with E-state index in [2.05, 4.69) is 16.6 Å². The third kappa shape index (κ3) is 4.76. The second kappa shape index (κ2) is 8.72. The smallest absolute Gasteiger partial charge is 0.284 e. The number of nitriles is 1. The van der Waals surface area contributed by atoms with Crippen LogP contribution in [0.15, 0.2) is 53.6 Å². The van der Waals surface area contributed by atoms with E-state index in [1.807, 2.05) is 48.3 Å². The molecule has 7 heteroatoms. The Hall–Kier alpha value is -3.53. The van der Waals surface area contributed by atoms with Gasteiger partial charge in [0.05, 0.1) is 18.7 Å². The molecule has 7 nitrogen and oxygen atoms in total. The van der Waals surface area contributed by atoms with Crippen molar-refractivity contribution in [2.75, 3.05) is 25.1 Å². The van der Waals surface area contributed by atoms with Gasteiger partial charge in [-0.1, -0.05) is 24.3 Å². The zero-order chi connectivity index (χ0) is 19.1. The van der Waals surface area contributed by atoms with Crippen LogP contribution in [0.4, 0.5) is 5.69 Å². The van der Waals surface area contributed by atoms with E-state index in [-0.39, 0.29) is 12.5 Å². The number of carbonyl (C=O) groups is 1. The zero-order valence-corrected chi connectivity index (χ0v) is 15.0. The molecule has 0 fully saturated rings. The molecule has 0 unspecified atom stereocenters. The molecule has 138 valence electrons. The van der Waals surface area contributed by atoms with Gasteiger partial charge in [-0.2, -0.15) is 10.4 Å². The number of hydrogen-bond donors (Lipinski definition) is 1. The molecular formula is C20H20N4O3. The van der Waals surface area contributed by atoms with Crippen LogP contribution in [-0.4, -0.2) is 38.4 Å². The Kier molecular flexibility index (Phi) is 5.90. The first kappa shape index (κ1) is 18.3. The molecule has 3 rings (SSSR count). The minimum absolute atomic E-state index is 0.141. The van der Waals surface area contributed by atoms with Crippen molar-refractivity contribution < 1.29 is 14.3 Å². The number of ether oxygens (including phenoxy) is 2. The first-order valence-corrected chi connectivity index (χ1v) is 8.57. The quantitative estimate of drug-likeness (QED) is 0.628. The second-order valence-corrected chi connectivity index (χ2v) is 6.02. The van der Waals surface area contributed by atoms with Crippen LogP contribution in [0.25, 0.3) is 0 Å². The summed E-state index contributed by atoms with van der Waals surface area (Å²) in [5, 5.41) is 12.6. The lowest BCUT2D eigenvalue weighted by atomic mass is 10.2. The Labute approximate surface area is 157 Å². The SMILES string of the molecule is CN(CCC#N)c1ccc(/C=N\NC(=O)[C@H]2COc3ccccc3O2)cc1. The topological polar surface area (TPSA) is 87.0 Å². The molecule has 2 aromatic carbocycles. The van der Waals surface area contributed by atoms with Crippen LogP contribution in [0.3, 0.4) is 0 Å². The molecule has 0 aromatic heterocycles. The Bertz CT molecular complexity index is 858. The molecule has 27 heavy (non-hydrogen) atoms. The molecule has 1 amide bonds. The van der Waals surface area contributed by atoms with E-state index in [0.717, 1.165) is 11.3 Å². The van der Waals surface area contributed by atoms with Crippen LogP contribution >= 0.6 is 0 Å². The predicted molar refractivity (Wildman–Crippen MR) is 102 cm³/mol. The Balaban J connectivity index is 1.52. The van der Waals surface area contributed by atoms with Gasteiger partial charge in [-0.15, -0.1) is 0 Å². The van der Waals surface area contributed by atoms with Crippen molar-refractivity contribution in [2.24, 2.45) is 5.10 Å². The summed E-state index contributed by atoms with van der Waals surface area (Å²) in [5.41, 5.74) is 4.33. The highest BCUT2D eigenvalue weighted by Crippen LogP contribution is 2.30. The lowest BCUT2D eigenvalue weighted by molar-refractivity contribution is -0.130. The third-order valence-electron chi connectivity index (χ3n) is 4.08. The fraction of sp³-hybridized carbons (Fsp3) is 0.250. The van der Waals surface area contributed by atoms with Crippen molar-refractivity contribution in [3.05, 3.63) is 54.1 Å². The molecule has 0 aliphatic carbocycles.